The van der Waals surface area contributed by atoms with Crippen LogP contribution >= 0.6 is 32.3 Å². The zero-order chi connectivity index (χ0) is 11.6. The Balaban J connectivity index is 3.33. The molecule has 1 aromatic rings. The molecule has 1 aromatic carbocycles. The smallest absolute Gasteiger partial charge is 0.258 e. The molecule has 80 valence electrons. The van der Waals surface area contributed by atoms with Crippen molar-refractivity contribution in [1.82, 2.24) is 0 Å². The minimum absolute atomic E-state index is 0.172. The van der Waals surface area contributed by atoms with Crippen molar-refractivity contribution in [1.29, 1.82) is 0 Å². The van der Waals surface area contributed by atoms with Crippen molar-refractivity contribution in [3.63, 3.8) is 0 Å². The van der Waals surface area contributed by atoms with Gasteiger partial charge in [0.25, 0.3) is 5.69 Å². The fourth-order valence-corrected chi connectivity index (χ4v) is 1.51. The minimum Gasteiger partial charge on any atom is -0.258 e. The molecule has 0 aliphatic heterocycles. The topological polar surface area (TPSA) is 89.5 Å². The van der Waals surface area contributed by atoms with E-state index >= 15 is 0 Å². The molecule has 0 N–H and O–H groups in total. The van der Waals surface area contributed by atoms with Gasteiger partial charge in [-0.15, -0.1) is 0 Å². The highest BCUT2D eigenvalue weighted by molar-refractivity contribution is 9.25. The Labute approximate surface area is 101 Å². The third-order valence-corrected chi connectivity index (χ3v) is 2.31. The Kier molecular flexibility index (Phi) is 3.58. The molecule has 15 heavy (non-hydrogen) atoms. The molecule has 0 atom stereocenters. The van der Waals surface area contributed by atoms with Crippen LogP contribution in [0.2, 0.25) is 0 Å². The highest BCUT2D eigenvalue weighted by atomic mass is 79.9. The quantitative estimate of drug-likeness (QED) is 0.479. The molecule has 9 heteroatoms. The molecule has 0 bridgehead atoms. The average Bonchev–Trinajstić information content (AvgIpc) is 2.16. The summed E-state index contributed by atoms with van der Waals surface area (Å²) in [6.07, 6.45) is 0. The van der Waals surface area contributed by atoms with Gasteiger partial charge in [0, 0.05) is 6.07 Å². The summed E-state index contributed by atoms with van der Waals surface area (Å²) in [7, 11) is 0. The lowest BCUT2D eigenvalue weighted by molar-refractivity contribution is -0.393. The molecule has 0 aliphatic carbocycles. The van der Waals surface area contributed by atoms with Crippen LogP contribution in [-0.2, 0) is 0 Å². The number of hydrogen-bond donors (Lipinski definition) is 0. The van der Waals surface area contributed by atoms with Crippen molar-refractivity contribution in [2.24, 2.45) is 0 Å². The van der Waals surface area contributed by atoms with Gasteiger partial charge in [0.05, 0.1) is 48.2 Å². The molecule has 0 heterocycles. The van der Waals surface area contributed by atoms with Crippen LogP contribution in [0.5, 0.6) is 0 Å². The molecule has 0 aromatic heterocycles. The molecule has 7 nitrogen and oxygen atoms in total. The van der Waals surface area contributed by atoms with Gasteiger partial charge in [-0.2, -0.15) is 0 Å². The van der Waals surface area contributed by atoms with Gasteiger partial charge in [0.1, 0.15) is 5.69 Å². The molecule has 1 rings (SSSR count). The zero-order valence-corrected chi connectivity index (χ0v) is 10.1. The van der Waals surface area contributed by atoms with Crippen molar-refractivity contribution in [3.05, 3.63) is 38.4 Å². The van der Waals surface area contributed by atoms with Crippen LogP contribution in [0.15, 0.2) is 18.2 Å². The van der Waals surface area contributed by atoms with E-state index in [9.17, 15) is 20.2 Å². The van der Waals surface area contributed by atoms with E-state index in [2.05, 4.69) is 32.3 Å². The number of non-ortho nitro benzene ring substituents is 1. The predicted octanol–water partition coefficient (Wildman–Crippen LogP) is 2.93. The Bertz CT molecular complexity index is 423. The summed E-state index contributed by atoms with van der Waals surface area (Å²) in [5, 5.41) is 21.0. The van der Waals surface area contributed by atoms with E-state index in [1.54, 1.807) is 0 Å². The normalized spacial score (nSPS) is 9.73. The summed E-state index contributed by atoms with van der Waals surface area (Å²) in [5.74, 6) is 0. The van der Waals surface area contributed by atoms with Crippen LogP contribution in [0, 0.1) is 20.2 Å². The predicted molar refractivity (Wildman–Crippen MR) is 60.1 cm³/mol. The molecular formula is C6H3Br2N3O4. The monoisotopic (exact) mass is 339 g/mol. The van der Waals surface area contributed by atoms with Gasteiger partial charge in [-0.05, 0) is 6.07 Å². The van der Waals surface area contributed by atoms with E-state index in [0.29, 0.717) is 0 Å². The third kappa shape index (κ3) is 2.63. The van der Waals surface area contributed by atoms with Crippen LogP contribution in [0.1, 0.15) is 0 Å². The van der Waals surface area contributed by atoms with Gasteiger partial charge < -0.3 is 0 Å². The fraction of sp³-hybridized carbons (Fsp3) is 0. The zero-order valence-electron chi connectivity index (χ0n) is 6.96. The first-order valence-electron chi connectivity index (χ1n) is 3.48. The second-order valence-electron chi connectivity index (χ2n) is 2.42. The van der Waals surface area contributed by atoms with Crippen molar-refractivity contribution in [2.75, 3.05) is 2.95 Å². The van der Waals surface area contributed by atoms with Gasteiger partial charge in [-0.3, -0.25) is 20.2 Å². The first kappa shape index (κ1) is 11.9. The molecule has 0 saturated heterocycles. The van der Waals surface area contributed by atoms with Gasteiger partial charge in [0.2, 0.25) is 0 Å². The van der Waals surface area contributed by atoms with Gasteiger partial charge in [0.15, 0.2) is 0 Å². The lowest BCUT2D eigenvalue weighted by Gasteiger charge is -2.06. The molecule has 0 amide bonds. The lowest BCUT2D eigenvalue weighted by atomic mass is 10.2. The number of rotatable bonds is 3. The third-order valence-electron chi connectivity index (χ3n) is 1.55. The summed E-state index contributed by atoms with van der Waals surface area (Å²) in [5.41, 5.74) is -0.518. The van der Waals surface area contributed by atoms with Gasteiger partial charge >= 0.3 is 5.69 Å². The molecule has 0 saturated carbocycles. The van der Waals surface area contributed by atoms with Crippen LogP contribution in [0.25, 0.3) is 0 Å². The lowest BCUT2D eigenvalue weighted by Crippen LogP contribution is -1.99. The summed E-state index contributed by atoms with van der Waals surface area (Å²) in [6.45, 7) is 0. The highest BCUT2D eigenvalue weighted by Crippen LogP contribution is 2.35. The van der Waals surface area contributed by atoms with Crippen LogP contribution in [0.4, 0.5) is 17.1 Å². The van der Waals surface area contributed by atoms with Gasteiger partial charge in [-0.1, -0.05) is 0 Å². The Morgan fingerprint density at radius 1 is 1.13 bits per heavy atom. The number of nitro groups is 2. The van der Waals surface area contributed by atoms with Crippen molar-refractivity contribution in [2.45, 2.75) is 0 Å². The largest absolute Gasteiger partial charge is 0.301 e. The van der Waals surface area contributed by atoms with E-state index in [1.165, 1.54) is 12.1 Å². The molecule has 0 radical (unpaired) electrons. The Hall–Kier alpha value is -1.22. The fourth-order valence-electron chi connectivity index (χ4n) is 0.915. The molecule has 0 fully saturated rings. The van der Waals surface area contributed by atoms with Crippen molar-refractivity contribution >= 4 is 49.4 Å². The summed E-state index contributed by atoms with van der Waals surface area (Å²) < 4.78 is 1.15. The molecular weight excluding hydrogens is 338 g/mol. The maximum atomic E-state index is 10.6. The molecule has 0 spiro atoms. The first-order chi connectivity index (χ1) is 6.93. The number of hydrogen-bond acceptors (Lipinski definition) is 5. The number of nitrogens with zero attached hydrogens (tertiary/aromatic N) is 3. The van der Waals surface area contributed by atoms with Gasteiger partial charge in [-0.25, -0.2) is 2.95 Å². The Morgan fingerprint density at radius 3 is 2.13 bits per heavy atom. The van der Waals surface area contributed by atoms with Crippen LogP contribution in [0.3, 0.4) is 0 Å². The standard InChI is InChI=1S/C6H3Br2N3O4/c7-9(8)5-2-1-4(10(12)13)3-6(5)11(14)15/h1-3H. The SMILES string of the molecule is O=[N+]([O-])c1ccc(N(Br)Br)c([N+](=O)[O-])c1. The van der Waals surface area contributed by atoms with Crippen molar-refractivity contribution < 1.29 is 9.85 Å². The van der Waals surface area contributed by atoms with E-state index in [1.807, 2.05) is 0 Å². The van der Waals surface area contributed by atoms with Crippen molar-refractivity contribution in [3.8, 4) is 0 Å². The second kappa shape index (κ2) is 4.53. The molecule has 0 aliphatic rings. The summed E-state index contributed by atoms with van der Waals surface area (Å²) in [4.78, 5) is 19.6. The number of nitro benzene ring substituents is 2. The number of halogens is 2. The number of benzene rings is 1. The summed E-state index contributed by atoms with van der Waals surface area (Å²) in [6, 6.07) is 3.34. The maximum absolute atomic E-state index is 10.6. The van der Waals surface area contributed by atoms with Crippen LogP contribution < -0.4 is 2.95 Å². The maximum Gasteiger partial charge on any atom is 0.301 e. The van der Waals surface area contributed by atoms with E-state index in [0.717, 1.165) is 9.02 Å². The van der Waals surface area contributed by atoms with E-state index in [4.69, 9.17) is 0 Å². The average molecular weight is 341 g/mol. The second-order valence-corrected chi connectivity index (χ2v) is 4.79. The van der Waals surface area contributed by atoms with Crippen LogP contribution in [-0.4, -0.2) is 9.85 Å². The highest BCUT2D eigenvalue weighted by Gasteiger charge is 2.21. The number of anilines is 1. The summed E-state index contributed by atoms with van der Waals surface area (Å²) >= 11 is 5.88. The van der Waals surface area contributed by atoms with E-state index < -0.39 is 9.85 Å². The molecule has 0 unspecified atom stereocenters. The first-order valence-corrected chi connectivity index (χ1v) is 4.90. The van der Waals surface area contributed by atoms with E-state index in [-0.39, 0.29) is 17.1 Å². The minimum atomic E-state index is -0.697. The Morgan fingerprint density at radius 2 is 1.73 bits per heavy atom.